The Morgan fingerprint density at radius 2 is 1.86 bits per heavy atom. The number of esters is 1. The van der Waals surface area contributed by atoms with Crippen LogP contribution in [0.25, 0.3) is 21.3 Å². The Bertz CT molecular complexity index is 1190. The van der Waals surface area contributed by atoms with Crippen LogP contribution in [-0.2, 0) is 4.74 Å². The summed E-state index contributed by atoms with van der Waals surface area (Å²) in [5.41, 5.74) is 2.14. The van der Waals surface area contributed by atoms with Crippen molar-refractivity contribution in [2.75, 3.05) is 14.2 Å². The average molecular weight is 427 g/mol. The Hall–Kier alpha value is -3.16. The first-order valence-electron chi connectivity index (χ1n) is 8.53. The minimum Gasteiger partial charge on any atom is -0.497 e. The predicted molar refractivity (Wildman–Crippen MR) is 112 cm³/mol. The highest BCUT2D eigenvalue weighted by atomic mass is 35.5. The summed E-state index contributed by atoms with van der Waals surface area (Å²) in [4.78, 5) is 21.6. The predicted octanol–water partition coefficient (Wildman–Crippen LogP) is 5.60. The van der Waals surface area contributed by atoms with Gasteiger partial charge in [0.25, 0.3) is 0 Å². The molecule has 6 nitrogen and oxygen atoms in total. The number of methoxy groups -OCH3 is 2. The van der Waals surface area contributed by atoms with Crippen LogP contribution in [0.4, 0.5) is 0 Å². The molecule has 146 valence electrons. The molecule has 0 unspecified atom stereocenters. The molecule has 0 aliphatic carbocycles. The van der Waals surface area contributed by atoms with Gasteiger partial charge in [0.15, 0.2) is 0 Å². The maximum Gasteiger partial charge on any atom is 0.341 e. The maximum absolute atomic E-state index is 12.2. The molecular formula is C21H15ClN2O4S. The number of carbonyl (C=O) groups excluding carboxylic acids is 1. The Morgan fingerprint density at radius 3 is 2.59 bits per heavy atom. The molecule has 4 rings (SSSR count). The molecule has 0 saturated carbocycles. The number of hydrogen-bond acceptors (Lipinski definition) is 7. The first-order valence-corrected chi connectivity index (χ1v) is 9.79. The largest absolute Gasteiger partial charge is 0.497 e. The Balaban J connectivity index is 1.84. The van der Waals surface area contributed by atoms with Crippen LogP contribution in [0.15, 0.2) is 54.2 Å². The highest BCUT2D eigenvalue weighted by Crippen LogP contribution is 2.40. The monoisotopic (exact) mass is 426 g/mol. The summed E-state index contributed by atoms with van der Waals surface area (Å²) in [6.45, 7) is 0. The summed E-state index contributed by atoms with van der Waals surface area (Å²) in [5.74, 6) is 0.640. The first kappa shape index (κ1) is 19.2. The van der Waals surface area contributed by atoms with Crippen molar-refractivity contribution >= 4 is 39.1 Å². The second-order valence-corrected chi connectivity index (χ2v) is 7.27. The molecule has 2 heterocycles. The lowest BCUT2D eigenvalue weighted by Crippen LogP contribution is -2.04. The number of aromatic nitrogens is 2. The molecule has 0 N–H and O–H groups in total. The third-order valence-corrected chi connectivity index (χ3v) is 5.43. The van der Waals surface area contributed by atoms with Crippen LogP contribution in [0, 0.1) is 0 Å². The zero-order valence-corrected chi connectivity index (χ0v) is 17.1. The lowest BCUT2D eigenvalue weighted by Gasteiger charge is -2.12. The molecular weight excluding hydrogens is 412 g/mol. The van der Waals surface area contributed by atoms with E-state index in [9.17, 15) is 4.79 Å². The van der Waals surface area contributed by atoms with E-state index in [1.54, 1.807) is 18.2 Å². The molecule has 0 amide bonds. The fourth-order valence-electron chi connectivity index (χ4n) is 2.86. The van der Waals surface area contributed by atoms with Gasteiger partial charge in [-0.1, -0.05) is 23.7 Å². The summed E-state index contributed by atoms with van der Waals surface area (Å²) in [6, 6.07) is 12.4. The van der Waals surface area contributed by atoms with Gasteiger partial charge in [-0.25, -0.2) is 14.8 Å². The molecule has 0 bridgehead atoms. The van der Waals surface area contributed by atoms with Crippen molar-refractivity contribution in [1.82, 2.24) is 9.97 Å². The van der Waals surface area contributed by atoms with Crippen molar-refractivity contribution in [3.05, 3.63) is 64.8 Å². The third-order valence-electron chi connectivity index (χ3n) is 4.29. The number of halogens is 1. The SMILES string of the molecule is COC(=O)c1ccc(OC)cc1Oc1ncnc2scc(-c3ccc(Cl)cc3)c12. The number of carbonyl (C=O) groups is 1. The van der Waals surface area contributed by atoms with E-state index in [2.05, 4.69) is 9.97 Å². The molecule has 0 atom stereocenters. The van der Waals surface area contributed by atoms with Crippen LogP contribution < -0.4 is 9.47 Å². The Morgan fingerprint density at radius 1 is 1.07 bits per heavy atom. The smallest absolute Gasteiger partial charge is 0.341 e. The van der Waals surface area contributed by atoms with Gasteiger partial charge in [0, 0.05) is 22.0 Å². The molecule has 0 aliphatic rings. The number of ether oxygens (including phenoxy) is 3. The lowest BCUT2D eigenvalue weighted by atomic mass is 10.1. The zero-order valence-electron chi connectivity index (χ0n) is 15.5. The van der Waals surface area contributed by atoms with Crippen LogP contribution in [-0.4, -0.2) is 30.2 Å². The molecule has 0 aliphatic heterocycles. The van der Waals surface area contributed by atoms with Gasteiger partial charge in [-0.15, -0.1) is 11.3 Å². The van der Waals surface area contributed by atoms with Crippen LogP contribution >= 0.6 is 22.9 Å². The minimum atomic E-state index is -0.517. The average Bonchev–Trinajstić information content (AvgIpc) is 3.19. The molecule has 2 aromatic heterocycles. The number of thiophene rings is 1. The summed E-state index contributed by atoms with van der Waals surface area (Å²) >= 11 is 7.50. The molecule has 29 heavy (non-hydrogen) atoms. The van der Waals surface area contributed by atoms with Crippen LogP contribution in [0.1, 0.15) is 10.4 Å². The second kappa shape index (κ2) is 8.06. The van der Waals surface area contributed by atoms with Crippen molar-refractivity contribution in [2.45, 2.75) is 0 Å². The van der Waals surface area contributed by atoms with Crippen molar-refractivity contribution in [3.63, 3.8) is 0 Å². The van der Waals surface area contributed by atoms with Gasteiger partial charge < -0.3 is 14.2 Å². The summed E-state index contributed by atoms with van der Waals surface area (Å²) < 4.78 is 16.2. The van der Waals surface area contributed by atoms with Crippen molar-refractivity contribution in [3.8, 4) is 28.5 Å². The number of fused-ring (bicyclic) bond motifs is 1. The Kier molecular flexibility index (Phi) is 5.33. The zero-order chi connectivity index (χ0) is 20.4. The number of benzene rings is 2. The van der Waals surface area contributed by atoms with E-state index in [0.717, 1.165) is 21.3 Å². The summed E-state index contributed by atoms with van der Waals surface area (Å²) in [5, 5.41) is 3.39. The fraction of sp³-hybridized carbons (Fsp3) is 0.0952. The molecule has 4 aromatic rings. The molecule has 0 radical (unpaired) electrons. The molecule has 0 fully saturated rings. The third kappa shape index (κ3) is 3.74. The van der Waals surface area contributed by atoms with Gasteiger partial charge in [-0.3, -0.25) is 0 Å². The van der Waals surface area contributed by atoms with E-state index in [-0.39, 0.29) is 11.3 Å². The van der Waals surface area contributed by atoms with Crippen molar-refractivity contribution in [2.24, 2.45) is 0 Å². The quantitative estimate of drug-likeness (QED) is 0.387. The normalized spacial score (nSPS) is 10.7. The highest BCUT2D eigenvalue weighted by molar-refractivity contribution is 7.17. The van der Waals surface area contributed by atoms with Gasteiger partial charge in [-0.05, 0) is 29.8 Å². The molecule has 0 spiro atoms. The lowest BCUT2D eigenvalue weighted by molar-refractivity contribution is 0.0598. The highest BCUT2D eigenvalue weighted by Gasteiger charge is 2.19. The minimum absolute atomic E-state index is 0.267. The standard InChI is InChI=1S/C21H15ClN2O4S/c1-26-14-7-8-15(21(25)27-2)17(9-14)28-19-18-16(10-29-20(18)24-11-23-19)12-3-5-13(22)6-4-12/h3-11H,1-2H3. The summed E-state index contributed by atoms with van der Waals surface area (Å²) in [7, 11) is 2.86. The van der Waals surface area contributed by atoms with Gasteiger partial charge in [0.1, 0.15) is 28.2 Å². The molecule has 2 aromatic carbocycles. The van der Waals surface area contributed by atoms with Crippen molar-refractivity contribution < 1.29 is 19.0 Å². The van der Waals surface area contributed by atoms with Gasteiger partial charge in [-0.2, -0.15) is 0 Å². The number of hydrogen-bond donors (Lipinski definition) is 0. The maximum atomic E-state index is 12.2. The number of nitrogens with zero attached hydrogens (tertiary/aromatic N) is 2. The summed E-state index contributed by atoms with van der Waals surface area (Å²) in [6.07, 6.45) is 1.43. The van der Waals surface area contributed by atoms with E-state index in [1.165, 1.54) is 31.9 Å². The molecule has 0 saturated heterocycles. The van der Waals surface area contributed by atoms with Crippen molar-refractivity contribution in [1.29, 1.82) is 0 Å². The van der Waals surface area contributed by atoms with Crippen LogP contribution in [0.2, 0.25) is 5.02 Å². The molecule has 8 heteroatoms. The van der Waals surface area contributed by atoms with E-state index in [4.69, 9.17) is 25.8 Å². The van der Waals surface area contributed by atoms with Gasteiger partial charge in [0.2, 0.25) is 5.88 Å². The number of rotatable bonds is 5. The van der Waals surface area contributed by atoms with Crippen LogP contribution in [0.5, 0.6) is 17.4 Å². The van der Waals surface area contributed by atoms with E-state index < -0.39 is 5.97 Å². The van der Waals surface area contributed by atoms with E-state index in [0.29, 0.717) is 16.7 Å². The van der Waals surface area contributed by atoms with Crippen LogP contribution in [0.3, 0.4) is 0 Å². The van der Waals surface area contributed by atoms with E-state index >= 15 is 0 Å². The fourth-order valence-corrected chi connectivity index (χ4v) is 3.90. The van der Waals surface area contributed by atoms with Gasteiger partial charge in [0.05, 0.1) is 19.6 Å². The van der Waals surface area contributed by atoms with E-state index in [1.807, 2.05) is 29.6 Å². The first-order chi connectivity index (χ1) is 14.1. The topological polar surface area (TPSA) is 70.5 Å². The Labute approximate surface area is 175 Å². The van der Waals surface area contributed by atoms with Gasteiger partial charge >= 0.3 is 5.97 Å². The second-order valence-electron chi connectivity index (χ2n) is 5.97.